The molecule has 0 radical (unpaired) electrons. The number of carbonyl (C=O) groups excluding carboxylic acids is 1. The van der Waals surface area contributed by atoms with E-state index in [9.17, 15) is 18.0 Å². The number of halogens is 5. The van der Waals surface area contributed by atoms with Crippen molar-refractivity contribution in [1.29, 1.82) is 0 Å². The molecular weight excluding hydrogens is 322 g/mol. The van der Waals surface area contributed by atoms with E-state index in [1.165, 1.54) is 6.07 Å². The maximum Gasteiger partial charge on any atom is 0.282 e. The van der Waals surface area contributed by atoms with E-state index in [2.05, 4.69) is 15.9 Å². The van der Waals surface area contributed by atoms with Crippen LogP contribution in [0.4, 0.5) is 13.2 Å². The second-order valence-electron chi connectivity index (χ2n) is 3.77. The van der Waals surface area contributed by atoms with Gasteiger partial charge in [-0.1, -0.05) is 11.6 Å². The summed E-state index contributed by atoms with van der Waals surface area (Å²) in [5.74, 6) is -4.23. The summed E-state index contributed by atoms with van der Waals surface area (Å²) in [6.07, 6.45) is 0. The van der Waals surface area contributed by atoms with E-state index in [4.69, 9.17) is 11.6 Å². The van der Waals surface area contributed by atoms with Gasteiger partial charge >= 0.3 is 0 Å². The monoisotopic (exact) mass is 327 g/mol. The Morgan fingerprint density at radius 2 is 2.00 bits per heavy atom. The third-order valence-electron chi connectivity index (χ3n) is 2.36. The molecule has 2 rings (SSSR count). The standard InChI is InChI=1S/C10H6BrClF3NO/c11-6-1-5(2-7(13)8(6)12)9(17)16-3-10(14,15)4-16/h1-2H,3-4H2. The SMILES string of the molecule is O=C(c1cc(F)c(Cl)c(Br)c1)N1CC(F)(F)C1. The summed E-state index contributed by atoms with van der Waals surface area (Å²) in [5, 5.41) is -0.143. The van der Waals surface area contributed by atoms with E-state index >= 15 is 0 Å². The van der Waals surface area contributed by atoms with Gasteiger partial charge in [0, 0.05) is 10.0 Å². The van der Waals surface area contributed by atoms with Crippen LogP contribution in [0.1, 0.15) is 10.4 Å². The fourth-order valence-corrected chi connectivity index (χ4v) is 2.06. The number of hydrogen-bond acceptors (Lipinski definition) is 1. The number of nitrogens with zero attached hydrogens (tertiary/aromatic N) is 1. The van der Waals surface area contributed by atoms with Crippen molar-refractivity contribution in [3.05, 3.63) is 33.0 Å². The Morgan fingerprint density at radius 3 is 2.47 bits per heavy atom. The van der Waals surface area contributed by atoms with Crippen molar-refractivity contribution >= 4 is 33.4 Å². The van der Waals surface area contributed by atoms with E-state index in [-0.39, 0.29) is 15.1 Å². The number of amides is 1. The molecule has 1 aromatic rings. The molecule has 0 spiro atoms. The lowest BCUT2D eigenvalue weighted by molar-refractivity contribution is -0.113. The minimum Gasteiger partial charge on any atom is -0.326 e. The summed E-state index contributed by atoms with van der Waals surface area (Å²) >= 11 is 8.55. The molecule has 0 aliphatic carbocycles. The van der Waals surface area contributed by atoms with Crippen molar-refractivity contribution in [2.45, 2.75) is 5.92 Å². The topological polar surface area (TPSA) is 20.3 Å². The van der Waals surface area contributed by atoms with Crippen LogP contribution in [0.3, 0.4) is 0 Å². The van der Waals surface area contributed by atoms with Gasteiger partial charge in [0.15, 0.2) is 0 Å². The summed E-state index contributed by atoms with van der Waals surface area (Å²) in [6.45, 7) is -1.26. The van der Waals surface area contributed by atoms with Crippen LogP contribution in [0.15, 0.2) is 16.6 Å². The Bertz CT molecular complexity index is 463. The molecule has 1 heterocycles. The van der Waals surface area contributed by atoms with Crippen LogP contribution in [0.2, 0.25) is 5.02 Å². The first kappa shape index (κ1) is 12.7. The molecule has 17 heavy (non-hydrogen) atoms. The van der Waals surface area contributed by atoms with Gasteiger partial charge in [0.2, 0.25) is 0 Å². The fourth-order valence-electron chi connectivity index (χ4n) is 1.52. The van der Waals surface area contributed by atoms with Gasteiger partial charge in [-0.05, 0) is 28.1 Å². The predicted octanol–water partition coefficient (Wildman–Crippen LogP) is 3.33. The van der Waals surface area contributed by atoms with E-state index in [0.717, 1.165) is 11.0 Å². The summed E-state index contributed by atoms with van der Waals surface area (Å²) in [4.78, 5) is 12.6. The first-order chi connectivity index (χ1) is 7.80. The molecule has 0 unspecified atom stereocenters. The molecule has 0 N–H and O–H groups in total. The summed E-state index contributed by atoms with van der Waals surface area (Å²) in [6, 6.07) is 2.25. The molecule has 1 aliphatic rings. The first-order valence-electron chi connectivity index (χ1n) is 4.62. The second kappa shape index (κ2) is 4.17. The smallest absolute Gasteiger partial charge is 0.282 e. The molecule has 0 saturated carbocycles. The number of likely N-dealkylation sites (tertiary alicyclic amines) is 1. The predicted molar refractivity (Wildman–Crippen MR) is 60.0 cm³/mol. The molecule has 92 valence electrons. The molecule has 1 aliphatic heterocycles. The Hall–Kier alpha value is -0.750. The zero-order valence-electron chi connectivity index (χ0n) is 8.31. The van der Waals surface area contributed by atoms with Crippen LogP contribution < -0.4 is 0 Å². The lowest BCUT2D eigenvalue weighted by Crippen LogP contribution is -2.58. The van der Waals surface area contributed by atoms with Crippen LogP contribution in [-0.4, -0.2) is 29.8 Å². The highest BCUT2D eigenvalue weighted by atomic mass is 79.9. The molecule has 1 aromatic carbocycles. The van der Waals surface area contributed by atoms with Gasteiger partial charge in [0.05, 0.1) is 18.1 Å². The van der Waals surface area contributed by atoms with Crippen molar-refractivity contribution in [1.82, 2.24) is 4.90 Å². The van der Waals surface area contributed by atoms with E-state index in [1.54, 1.807) is 0 Å². The van der Waals surface area contributed by atoms with Crippen molar-refractivity contribution < 1.29 is 18.0 Å². The number of benzene rings is 1. The van der Waals surface area contributed by atoms with Crippen LogP contribution in [0.25, 0.3) is 0 Å². The molecule has 1 fully saturated rings. The number of hydrogen-bond donors (Lipinski definition) is 0. The molecule has 1 saturated heterocycles. The molecule has 2 nitrogen and oxygen atoms in total. The molecule has 0 bridgehead atoms. The molecular formula is C10H6BrClF3NO. The average molecular weight is 329 g/mol. The third kappa shape index (κ3) is 2.42. The van der Waals surface area contributed by atoms with Crippen LogP contribution in [0, 0.1) is 5.82 Å². The molecule has 7 heteroatoms. The van der Waals surface area contributed by atoms with Crippen LogP contribution >= 0.6 is 27.5 Å². The molecule has 0 aromatic heterocycles. The van der Waals surface area contributed by atoms with Gasteiger partial charge in [-0.2, -0.15) is 0 Å². The van der Waals surface area contributed by atoms with E-state index in [1.807, 2.05) is 0 Å². The van der Waals surface area contributed by atoms with Gasteiger partial charge < -0.3 is 4.90 Å². The number of rotatable bonds is 1. The third-order valence-corrected chi connectivity index (χ3v) is 3.60. The van der Waals surface area contributed by atoms with Gasteiger partial charge in [0.25, 0.3) is 11.8 Å². The van der Waals surface area contributed by atoms with Gasteiger partial charge in [-0.3, -0.25) is 4.79 Å². The fraction of sp³-hybridized carbons (Fsp3) is 0.300. The maximum absolute atomic E-state index is 13.3. The number of alkyl halides is 2. The quantitative estimate of drug-likeness (QED) is 0.724. The average Bonchev–Trinajstić information content (AvgIpc) is 2.20. The molecule has 0 atom stereocenters. The van der Waals surface area contributed by atoms with Gasteiger partial charge in [0.1, 0.15) is 5.82 Å². The Morgan fingerprint density at radius 1 is 1.41 bits per heavy atom. The van der Waals surface area contributed by atoms with E-state index in [0.29, 0.717) is 0 Å². The van der Waals surface area contributed by atoms with Crippen molar-refractivity contribution in [3.63, 3.8) is 0 Å². The maximum atomic E-state index is 13.3. The number of carbonyl (C=O) groups is 1. The van der Waals surface area contributed by atoms with Crippen LogP contribution in [0.5, 0.6) is 0 Å². The zero-order chi connectivity index (χ0) is 12.8. The largest absolute Gasteiger partial charge is 0.326 e. The van der Waals surface area contributed by atoms with Crippen molar-refractivity contribution in [2.75, 3.05) is 13.1 Å². The Balaban J connectivity index is 2.21. The summed E-state index contributed by atoms with van der Waals surface area (Å²) < 4.78 is 38.7. The highest BCUT2D eigenvalue weighted by molar-refractivity contribution is 9.10. The minimum absolute atomic E-state index is 0.00530. The summed E-state index contributed by atoms with van der Waals surface area (Å²) in [5.41, 5.74) is -0.00530. The van der Waals surface area contributed by atoms with E-state index < -0.39 is 30.7 Å². The Kier molecular flexibility index (Phi) is 3.12. The highest BCUT2D eigenvalue weighted by Crippen LogP contribution is 2.31. The summed E-state index contributed by atoms with van der Waals surface area (Å²) in [7, 11) is 0. The lowest BCUT2D eigenvalue weighted by Gasteiger charge is -2.38. The molecule has 1 amide bonds. The highest BCUT2D eigenvalue weighted by Gasteiger charge is 2.46. The zero-order valence-corrected chi connectivity index (χ0v) is 10.7. The minimum atomic E-state index is -2.84. The second-order valence-corrected chi connectivity index (χ2v) is 5.00. The normalized spacial score (nSPS) is 17.8. The van der Waals surface area contributed by atoms with Crippen molar-refractivity contribution in [3.8, 4) is 0 Å². The Labute approximate surface area is 108 Å². The van der Waals surface area contributed by atoms with Crippen LogP contribution in [-0.2, 0) is 0 Å². The van der Waals surface area contributed by atoms with Gasteiger partial charge in [-0.15, -0.1) is 0 Å². The first-order valence-corrected chi connectivity index (χ1v) is 5.79. The lowest BCUT2D eigenvalue weighted by atomic mass is 10.1. The van der Waals surface area contributed by atoms with Crippen molar-refractivity contribution in [2.24, 2.45) is 0 Å². The van der Waals surface area contributed by atoms with Gasteiger partial charge in [-0.25, -0.2) is 13.2 Å².